The van der Waals surface area contributed by atoms with E-state index in [1.54, 1.807) is 31.2 Å². The molecule has 1 aromatic carbocycles. The van der Waals surface area contributed by atoms with Gasteiger partial charge < -0.3 is 5.11 Å². The summed E-state index contributed by atoms with van der Waals surface area (Å²) in [5.74, 6) is -1.63. The molecule has 0 saturated heterocycles. The molecule has 5 nitrogen and oxygen atoms in total. The van der Waals surface area contributed by atoms with E-state index < -0.39 is 11.8 Å². The smallest absolute Gasteiger partial charge is 0.356 e. The van der Waals surface area contributed by atoms with Gasteiger partial charge in [0.15, 0.2) is 17.3 Å². The molecule has 0 amide bonds. The SMILES string of the molecule is Cc1cccc(-c2nc(C(=O)O)cn2-c2cccc(Cl)c2F)n1. The molecule has 2 heterocycles. The molecule has 3 rings (SSSR count). The number of carboxylic acids is 1. The molecule has 0 fully saturated rings. The van der Waals surface area contributed by atoms with E-state index in [1.807, 2.05) is 0 Å². The number of pyridine rings is 1. The maximum absolute atomic E-state index is 14.3. The van der Waals surface area contributed by atoms with Gasteiger partial charge in [0.2, 0.25) is 0 Å². The summed E-state index contributed by atoms with van der Waals surface area (Å²) in [6, 6.07) is 9.74. The van der Waals surface area contributed by atoms with Crippen LogP contribution in [-0.4, -0.2) is 25.6 Å². The number of carbonyl (C=O) groups is 1. The minimum absolute atomic E-state index is 0.0590. The first-order chi connectivity index (χ1) is 11.0. The average molecular weight is 332 g/mol. The number of imidazole rings is 1. The molecule has 0 aliphatic rings. The van der Waals surface area contributed by atoms with Crippen LogP contribution >= 0.6 is 11.6 Å². The molecule has 0 radical (unpaired) electrons. The van der Waals surface area contributed by atoms with Gasteiger partial charge in [0.25, 0.3) is 0 Å². The Morgan fingerprint density at radius 1 is 1.22 bits per heavy atom. The number of aromatic nitrogens is 3. The van der Waals surface area contributed by atoms with E-state index in [4.69, 9.17) is 11.6 Å². The van der Waals surface area contributed by atoms with Crippen LogP contribution in [0.3, 0.4) is 0 Å². The molecule has 0 unspecified atom stereocenters. The van der Waals surface area contributed by atoms with Gasteiger partial charge in [-0.05, 0) is 31.2 Å². The molecule has 0 aliphatic heterocycles. The van der Waals surface area contributed by atoms with Gasteiger partial charge in [0.05, 0.1) is 10.7 Å². The molecule has 23 heavy (non-hydrogen) atoms. The van der Waals surface area contributed by atoms with E-state index in [9.17, 15) is 14.3 Å². The van der Waals surface area contributed by atoms with Gasteiger partial charge in [-0.2, -0.15) is 0 Å². The molecule has 0 aliphatic carbocycles. The van der Waals surface area contributed by atoms with Crippen LogP contribution in [-0.2, 0) is 0 Å². The Morgan fingerprint density at radius 3 is 2.65 bits per heavy atom. The van der Waals surface area contributed by atoms with E-state index in [-0.39, 0.29) is 22.2 Å². The first-order valence-electron chi connectivity index (χ1n) is 6.68. The first-order valence-corrected chi connectivity index (χ1v) is 7.06. The van der Waals surface area contributed by atoms with Gasteiger partial charge in [-0.25, -0.2) is 19.2 Å². The van der Waals surface area contributed by atoms with Gasteiger partial charge in [-0.1, -0.05) is 23.7 Å². The van der Waals surface area contributed by atoms with Crippen molar-refractivity contribution < 1.29 is 14.3 Å². The largest absolute Gasteiger partial charge is 0.476 e. The number of aryl methyl sites for hydroxylation is 1. The lowest BCUT2D eigenvalue weighted by Crippen LogP contribution is -2.01. The predicted octanol–water partition coefficient (Wildman–Crippen LogP) is 3.73. The van der Waals surface area contributed by atoms with Gasteiger partial charge in [-0.15, -0.1) is 0 Å². The second-order valence-corrected chi connectivity index (χ2v) is 5.27. The van der Waals surface area contributed by atoms with Crippen LogP contribution in [0.2, 0.25) is 5.02 Å². The Labute approximate surface area is 136 Å². The van der Waals surface area contributed by atoms with Crippen molar-refractivity contribution in [1.29, 1.82) is 0 Å². The molecule has 2 aromatic heterocycles. The maximum atomic E-state index is 14.3. The van der Waals surface area contributed by atoms with E-state index >= 15 is 0 Å². The lowest BCUT2D eigenvalue weighted by molar-refractivity contribution is 0.0691. The summed E-state index contributed by atoms with van der Waals surface area (Å²) in [5.41, 5.74) is 1.08. The zero-order valence-corrected chi connectivity index (χ0v) is 12.8. The van der Waals surface area contributed by atoms with Crippen molar-refractivity contribution in [3.05, 3.63) is 64.8 Å². The first kappa shape index (κ1) is 15.2. The van der Waals surface area contributed by atoms with Gasteiger partial charge in [0.1, 0.15) is 5.69 Å². The summed E-state index contributed by atoms with van der Waals surface area (Å²) in [4.78, 5) is 19.6. The highest BCUT2D eigenvalue weighted by Gasteiger charge is 2.19. The molecule has 0 spiro atoms. The molecule has 0 bridgehead atoms. The number of benzene rings is 1. The van der Waals surface area contributed by atoms with Crippen LogP contribution in [0.15, 0.2) is 42.6 Å². The second kappa shape index (κ2) is 5.81. The van der Waals surface area contributed by atoms with Crippen molar-refractivity contribution in [3.8, 4) is 17.2 Å². The van der Waals surface area contributed by atoms with Crippen LogP contribution in [0, 0.1) is 12.7 Å². The molecule has 116 valence electrons. The Kier molecular flexibility index (Phi) is 3.83. The van der Waals surface area contributed by atoms with E-state index in [0.717, 1.165) is 5.69 Å². The van der Waals surface area contributed by atoms with E-state index in [1.165, 1.54) is 22.9 Å². The van der Waals surface area contributed by atoms with Crippen molar-refractivity contribution in [2.24, 2.45) is 0 Å². The normalized spacial score (nSPS) is 10.7. The van der Waals surface area contributed by atoms with Crippen LogP contribution in [0.1, 0.15) is 16.2 Å². The highest BCUT2D eigenvalue weighted by atomic mass is 35.5. The number of halogens is 2. The van der Waals surface area contributed by atoms with E-state index in [0.29, 0.717) is 5.69 Å². The molecule has 0 saturated carbocycles. The monoisotopic (exact) mass is 331 g/mol. The Morgan fingerprint density at radius 2 is 1.96 bits per heavy atom. The molecule has 0 atom stereocenters. The minimum atomic E-state index is -1.21. The molecule has 3 aromatic rings. The van der Waals surface area contributed by atoms with Crippen molar-refractivity contribution in [2.75, 3.05) is 0 Å². The molecular formula is C16H11ClFN3O2. The van der Waals surface area contributed by atoms with Gasteiger partial charge in [-0.3, -0.25) is 4.57 Å². The Balaban J connectivity index is 2.27. The molecule has 7 heteroatoms. The summed E-state index contributed by atoms with van der Waals surface area (Å²) >= 11 is 5.82. The zero-order chi connectivity index (χ0) is 16.6. The lowest BCUT2D eigenvalue weighted by atomic mass is 10.2. The summed E-state index contributed by atoms with van der Waals surface area (Å²) in [6.07, 6.45) is 1.25. The third-order valence-corrected chi connectivity index (χ3v) is 3.53. The number of rotatable bonds is 3. The summed E-state index contributed by atoms with van der Waals surface area (Å²) in [6.45, 7) is 1.80. The Bertz CT molecular complexity index is 908. The fraction of sp³-hybridized carbons (Fsp3) is 0.0625. The molecular weight excluding hydrogens is 321 g/mol. The van der Waals surface area contributed by atoms with Gasteiger partial charge >= 0.3 is 5.97 Å². The Hall–Kier alpha value is -2.73. The minimum Gasteiger partial charge on any atom is -0.476 e. The third kappa shape index (κ3) is 2.80. The van der Waals surface area contributed by atoms with Crippen LogP contribution in [0.5, 0.6) is 0 Å². The lowest BCUT2D eigenvalue weighted by Gasteiger charge is -2.09. The van der Waals surface area contributed by atoms with E-state index in [2.05, 4.69) is 9.97 Å². The topological polar surface area (TPSA) is 68.0 Å². The van der Waals surface area contributed by atoms with Crippen LogP contribution < -0.4 is 0 Å². The van der Waals surface area contributed by atoms with Crippen molar-refractivity contribution in [1.82, 2.24) is 14.5 Å². The van der Waals surface area contributed by atoms with Crippen LogP contribution in [0.4, 0.5) is 4.39 Å². The second-order valence-electron chi connectivity index (χ2n) is 4.86. The third-order valence-electron chi connectivity index (χ3n) is 3.23. The molecule has 1 N–H and O–H groups in total. The number of hydrogen-bond donors (Lipinski definition) is 1. The van der Waals surface area contributed by atoms with Crippen LogP contribution in [0.25, 0.3) is 17.2 Å². The quantitative estimate of drug-likeness (QED) is 0.794. The maximum Gasteiger partial charge on any atom is 0.356 e. The summed E-state index contributed by atoms with van der Waals surface area (Å²) in [7, 11) is 0. The number of aromatic carboxylic acids is 1. The number of hydrogen-bond acceptors (Lipinski definition) is 3. The summed E-state index contributed by atoms with van der Waals surface area (Å²) < 4.78 is 15.7. The van der Waals surface area contributed by atoms with Gasteiger partial charge in [0, 0.05) is 11.9 Å². The average Bonchev–Trinajstić information content (AvgIpc) is 2.95. The number of carboxylic acid groups (broad SMARTS) is 1. The zero-order valence-electron chi connectivity index (χ0n) is 12.0. The highest BCUT2D eigenvalue weighted by molar-refractivity contribution is 6.30. The fourth-order valence-corrected chi connectivity index (χ4v) is 2.36. The number of nitrogens with zero attached hydrogens (tertiary/aromatic N) is 3. The standard InChI is InChI=1S/C16H11ClFN3O2/c1-9-4-2-6-11(19-9)15-20-12(16(22)23)8-21(15)13-7-3-5-10(17)14(13)18/h2-8H,1H3,(H,22,23). The highest BCUT2D eigenvalue weighted by Crippen LogP contribution is 2.26. The summed E-state index contributed by atoms with van der Waals surface area (Å²) in [5, 5.41) is 9.12. The van der Waals surface area contributed by atoms with Crippen molar-refractivity contribution in [3.63, 3.8) is 0 Å². The predicted molar refractivity (Wildman–Crippen MR) is 83.5 cm³/mol. The fourth-order valence-electron chi connectivity index (χ4n) is 2.19. The van der Waals surface area contributed by atoms with Crippen molar-refractivity contribution in [2.45, 2.75) is 6.92 Å². The van der Waals surface area contributed by atoms with Crippen molar-refractivity contribution >= 4 is 17.6 Å².